The zero-order chi connectivity index (χ0) is 7.56. The normalized spacial score (nSPS) is 32.4. The summed E-state index contributed by atoms with van der Waals surface area (Å²) in [5.41, 5.74) is 0. The first kappa shape index (κ1) is 7.58. The maximum absolute atomic E-state index is 11.1. The Hall–Kier alpha value is -0.530. The highest BCUT2D eigenvalue weighted by Gasteiger charge is 2.29. The molecular weight excluding hydrogens is 126 g/mol. The second-order valence-electron chi connectivity index (χ2n) is 3.12. The van der Waals surface area contributed by atoms with Crippen LogP contribution in [0.5, 0.6) is 0 Å². The Labute approximate surface area is 62.0 Å². The summed E-state index contributed by atoms with van der Waals surface area (Å²) in [5.74, 6) is 1.10. The van der Waals surface area contributed by atoms with Gasteiger partial charge in [0.25, 0.3) is 0 Å². The average Bonchev–Trinajstić information content (AvgIpc) is 2.20. The number of nitrogens with one attached hydrogen (secondary N) is 1. The van der Waals surface area contributed by atoms with Crippen molar-refractivity contribution in [2.75, 3.05) is 6.54 Å². The van der Waals surface area contributed by atoms with Gasteiger partial charge in [0, 0.05) is 12.5 Å². The van der Waals surface area contributed by atoms with Crippen molar-refractivity contribution in [2.24, 2.45) is 11.8 Å². The average molecular weight is 141 g/mol. The predicted octanol–water partition coefficient (Wildman–Crippen LogP) is 1.17. The standard InChI is InChI=1S/C8H15NO/c1-3-4-7-6(2)5-9-8(7)10/h6-7H,3-5H2,1-2H3,(H,9,10)/t6-,7-/m0/s1. The maximum atomic E-state index is 11.1. The van der Waals surface area contributed by atoms with Crippen molar-refractivity contribution >= 4 is 5.91 Å². The van der Waals surface area contributed by atoms with E-state index in [1.54, 1.807) is 0 Å². The van der Waals surface area contributed by atoms with Gasteiger partial charge in [-0.15, -0.1) is 0 Å². The third-order valence-electron chi connectivity index (χ3n) is 2.22. The molecule has 0 aliphatic carbocycles. The van der Waals surface area contributed by atoms with E-state index in [4.69, 9.17) is 0 Å². The van der Waals surface area contributed by atoms with E-state index < -0.39 is 0 Å². The molecule has 0 aromatic rings. The lowest BCUT2D eigenvalue weighted by Crippen LogP contribution is -2.19. The molecule has 1 saturated heterocycles. The molecule has 1 heterocycles. The van der Waals surface area contributed by atoms with Crippen LogP contribution in [0.4, 0.5) is 0 Å². The Morgan fingerprint density at radius 1 is 1.70 bits per heavy atom. The first-order valence-electron chi connectivity index (χ1n) is 4.03. The first-order chi connectivity index (χ1) is 4.75. The second kappa shape index (κ2) is 3.04. The third kappa shape index (κ3) is 1.31. The highest BCUT2D eigenvalue weighted by molar-refractivity contribution is 5.80. The van der Waals surface area contributed by atoms with Crippen LogP contribution in [-0.4, -0.2) is 12.5 Å². The monoisotopic (exact) mass is 141 g/mol. The summed E-state index contributed by atoms with van der Waals surface area (Å²) in [7, 11) is 0. The van der Waals surface area contributed by atoms with Crippen molar-refractivity contribution in [3.8, 4) is 0 Å². The van der Waals surface area contributed by atoms with E-state index in [1.807, 2.05) is 0 Å². The smallest absolute Gasteiger partial charge is 0.223 e. The molecule has 1 fully saturated rings. The van der Waals surface area contributed by atoms with Crippen molar-refractivity contribution in [1.29, 1.82) is 0 Å². The van der Waals surface area contributed by atoms with E-state index in [-0.39, 0.29) is 5.91 Å². The lowest BCUT2D eigenvalue weighted by Gasteiger charge is -2.08. The van der Waals surface area contributed by atoms with E-state index >= 15 is 0 Å². The SMILES string of the molecule is CCC[C@@H]1C(=O)NC[C@@H]1C. The largest absolute Gasteiger partial charge is 0.356 e. The number of carbonyl (C=O) groups is 1. The molecule has 2 heteroatoms. The van der Waals surface area contributed by atoms with E-state index in [0.717, 1.165) is 19.4 Å². The van der Waals surface area contributed by atoms with Crippen LogP contribution in [0.3, 0.4) is 0 Å². The Morgan fingerprint density at radius 2 is 2.40 bits per heavy atom. The van der Waals surface area contributed by atoms with Gasteiger partial charge in [0.1, 0.15) is 0 Å². The summed E-state index contributed by atoms with van der Waals surface area (Å²) in [5, 5.41) is 2.87. The summed E-state index contributed by atoms with van der Waals surface area (Å²) in [6, 6.07) is 0. The van der Waals surface area contributed by atoms with Crippen LogP contribution in [0.25, 0.3) is 0 Å². The molecule has 2 atom stereocenters. The number of rotatable bonds is 2. The molecule has 0 bridgehead atoms. The van der Waals surface area contributed by atoms with Gasteiger partial charge in [-0.1, -0.05) is 20.3 Å². The van der Waals surface area contributed by atoms with Crippen LogP contribution in [0.2, 0.25) is 0 Å². The molecule has 1 aliphatic heterocycles. The lowest BCUT2D eigenvalue weighted by molar-refractivity contribution is -0.123. The third-order valence-corrected chi connectivity index (χ3v) is 2.22. The zero-order valence-electron chi connectivity index (χ0n) is 6.68. The molecule has 1 rings (SSSR count). The quantitative estimate of drug-likeness (QED) is 0.614. The fourth-order valence-electron chi connectivity index (χ4n) is 1.52. The number of carbonyl (C=O) groups excluding carboxylic acids is 1. The summed E-state index contributed by atoms with van der Waals surface area (Å²) in [6.07, 6.45) is 2.16. The Kier molecular flexibility index (Phi) is 2.30. The van der Waals surface area contributed by atoms with Gasteiger partial charge in [-0.25, -0.2) is 0 Å². The minimum Gasteiger partial charge on any atom is -0.356 e. The van der Waals surface area contributed by atoms with Gasteiger partial charge in [0.2, 0.25) is 5.91 Å². The van der Waals surface area contributed by atoms with Gasteiger partial charge >= 0.3 is 0 Å². The molecule has 0 aromatic carbocycles. The molecule has 0 spiro atoms. The highest BCUT2D eigenvalue weighted by Crippen LogP contribution is 2.21. The Morgan fingerprint density at radius 3 is 2.80 bits per heavy atom. The van der Waals surface area contributed by atoms with E-state index in [1.165, 1.54) is 0 Å². The summed E-state index contributed by atoms with van der Waals surface area (Å²) < 4.78 is 0. The van der Waals surface area contributed by atoms with Crippen LogP contribution in [0, 0.1) is 11.8 Å². The Balaban J connectivity index is 2.46. The van der Waals surface area contributed by atoms with Gasteiger partial charge in [-0.3, -0.25) is 4.79 Å². The topological polar surface area (TPSA) is 29.1 Å². The highest BCUT2D eigenvalue weighted by atomic mass is 16.2. The molecule has 1 amide bonds. The minimum absolute atomic E-state index is 0.259. The summed E-state index contributed by atoms with van der Waals surface area (Å²) in [6.45, 7) is 5.14. The van der Waals surface area contributed by atoms with Gasteiger partial charge in [0.15, 0.2) is 0 Å². The van der Waals surface area contributed by atoms with E-state index in [9.17, 15) is 4.79 Å². The van der Waals surface area contributed by atoms with Gasteiger partial charge in [0.05, 0.1) is 0 Å². The zero-order valence-corrected chi connectivity index (χ0v) is 6.68. The molecular formula is C8H15NO. The molecule has 0 aromatic heterocycles. The van der Waals surface area contributed by atoms with E-state index in [2.05, 4.69) is 19.2 Å². The molecule has 1 N–H and O–H groups in total. The number of hydrogen-bond donors (Lipinski definition) is 1. The van der Waals surface area contributed by atoms with E-state index in [0.29, 0.717) is 11.8 Å². The lowest BCUT2D eigenvalue weighted by atomic mass is 9.93. The molecule has 2 nitrogen and oxygen atoms in total. The van der Waals surface area contributed by atoms with Gasteiger partial charge in [-0.05, 0) is 12.3 Å². The predicted molar refractivity (Wildman–Crippen MR) is 40.6 cm³/mol. The number of hydrogen-bond acceptors (Lipinski definition) is 1. The van der Waals surface area contributed by atoms with Crippen LogP contribution in [-0.2, 0) is 4.79 Å². The fraction of sp³-hybridized carbons (Fsp3) is 0.875. The minimum atomic E-state index is 0.259. The molecule has 0 unspecified atom stereocenters. The number of amides is 1. The van der Waals surface area contributed by atoms with Crippen molar-refractivity contribution < 1.29 is 4.79 Å². The van der Waals surface area contributed by atoms with Crippen LogP contribution in [0.1, 0.15) is 26.7 Å². The maximum Gasteiger partial charge on any atom is 0.223 e. The molecule has 0 radical (unpaired) electrons. The van der Waals surface area contributed by atoms with Gasteiger partial charge < -0.3 is 5.32 Å². The van der Waals surface area contributed by atoms with Crippen molar-refractivity contribution in [2.45, 2.75) is 26.7 Å². The summed E-state index contributed by atoms with van der Waals surface area (Å²) >= 11 is 0. The van der Waals surface area contributed by atoms with Crippen molar-refractivity contribution in [3.05, 3.63) is 0 Å². The van der Waals surface area contributed by atoms with Crippen LogP contribution < -0.4 is 5.32 Å². The van der Waals surface area contributed by atoms with Crippen molar-refractivity contribution in [1.82, 2.24) is 5.32 Å². The first-order valence-corrected chi connectivity index (χ1v) is 4.03. The van der Waals surface area contributed by atoms with Crippen LogP contribution in [0.15, 0.2) is 0 Å². The van der Waals surface area contributed by atoms with Crippen molar-refractivity contribution in [3.63, 3.8) is 0 Å². The van der Waals surface area contributed by atoms with Crippen LogP contribution >= 0.6 is 0 Å². The fourth-order valence-corrected chi connectivity index (χ4v) is 1.52. The molecule has 1 aliphatic rings. The second-order valence-corrected chi connectivity index (χ2v) is 3.12. The molecule has 58 valence electrons. The molecule has 10 heavy (non-hydrogen) atoms. The molecule has 0 saturated carbocycles. The Bertz CT molecular complexity index is 133. The van der Waals surface area contributed by atoms with Gasteiger partial charge in [-0.2, -0.15) is 0 Å². The summed E-state index contributed by atoms with van der Waals surface area (Å²) in [4.78, 5) is 11.1.